The maximum absolute atomic E-state index is 5.41. The molecule has 0 amide bonds. The molecule has 0 aliphatic heterocycles. The van der Waals surface area contributed by atoms with E-state index in [1.807, 2.05) is 60.7 Å². The molecule has 140 valence electrons. The molecule has 0 radical (unpaired) electrons. The minimum Gasteiger partial charge on any atom is -0.493 e. The van der Waals surface area contributed by atoms with Gasteiger partial charge in [0.05, 0.1) is 26.1 Å². The number of tetrazole rings is 1. The maximum atomic E-state index is 5.41. The second-order valence-corrected chi connectivity index (χ2v) is 5.87. The number of nitrogens with one attached hydrogen (secondary N) is 1. The van der Waals surface area contributed by atoms with E-state index in [0.717, 1.165) is 22.0 Å². The number of hydrogen-bond acceptors (Lipinski definition) is 7. The van der Waals surface area contributed by atoms with Gasteiger partial charge < -0.3 is 9.47 Å². The van der Waals surface area contributed by atoms with Gasteiger partial charge in [-0.25, -0.2) is 5.43 Å². The average Bonchev–Trinajstić information content (AvgIpc) is 3.21. The highest BCUT2D eigenvalue weighted by atomic mass is 16.5. The third kappa shape index (κ3) is 3.23. The van der Waals surface area contributed by atoms with Crippen LogP contribution in [-0.4, -0.2) is 40.6 Å². The summed E-state index contributed by atoms with van der Waals surface area (Å²) in [5.41, 5.74) is 4.52. The van der Waals surface area contributed by atoms with Crippen molar-refractivity contribution in [3.05, 3.63) is 66.2 Å². The fraction of sp³-hybridized carbons (Fsp3) is 0.100. The molecule has 0 bridgehead atoms. The summed E-state index contributed by atoms with van der Waals surface area (Å²) < 4.78 is 12.3. The molecule has 1 N–H and O–H groups in total. The fourth-order valence-electron chi connectivity index (χ4n) is 2.99. The summed E-state index contributed by atoms with van der Waals surface area (Å²) in [7, 11) is 3.18. The van der Waals surface area contributed by atoms with Gasteiger partial charge in [-0.1, -0.05) is 47.6 Å². The molecule has 0 spiro atoms. The summed E-state index contributed by atoms with van der Waals surface area (Å²) in [5, 5.41) is 18.3. The molecule has 0 saturated carbocycles. The highest BCUT2D eigenvalue weighted by Gasteiger charge is 2.11. The van der Waals surface area contributed by atoms with Gasteiger partial charge in [0.1, 0.15) is 0 Å². The number of fused-ring (bicyclic) bond motifs is 1. The molecule has 1 aromatic heterocycles. The normalized spacial score (nSPS) is 11.1. The van der Waals surface area contributed by atoms with Crippen molar-refractivity contribution in [1.82, 2.24) is 20.2 Å². The predicted octanol–water partition coefficient (Wildman–Crippen LogP) is 3.28. The highest BCUT2D eigenvalue weighted by molar-refractivity contribution is 5.90. The molecular formula is C20H18N6O2. The molecule has 4 rings (SSSR count). The quantitative estimate of drug-likeness (QED) is 0.412. The van der Waals surface area contributed by atoms with Gasteiger partial charge in [0, 0.05) is 10.9 Å². The van der Waals surface area contributed by atoms with Crippen LogP contribution in [0.5, 0.6) is 11.5 Å². The zero-order valence-corrected chi connectivity index (χ0v) is 15.4. The van der Waals surface area contributed by atoms with E-state index >= 15 is 0 Å². The van der Waals surface area contributed by atoms with Crippen molar-refractivity contribution in [2.75, 3.05) is 19.6 Å². The van der Waals surface area contributed by atoms with Gasteiger partial charge in [0.25, 0.3) is 5.95 Å². The summed E-state index contributed by atoms with van der Waals surface area (Å²) in [6.45, 7) is 0. The van der Waals surface area contributed by atoms with Crippen LogP contribution in [0.3, 0.4) is 0 Å². The molecule has 1 heterocycles. The molecule has 0 unspecified atom stereocenters. The molecule has 8 nitrogen and oxygen atoms in total. The van der Waals surface area contributed by atoms with Crippen LogP contribution in [0.2, 0.25) is 0 Å². The van der Waals surface area contributed by atoms with Gasteiger partial charge in [-0.3, -0.25) is 0 Å². The topological polar surface area (TPSA) is 86.5 Å². The van der Waals surface area contributed by atoms with Gasteiger partial charge in [-0.05, 0) is 34.0 Å². The minimum absolute atomic E-state index is 0.398. The number of ether oxygens (including phenoxy) is 2. The SMILES string of the molecule is COc1cccc(C=NNc2nnnn2-c2cccc3ccccc23)c1OC. The zero-order valence-electron chi connectivity index (χ0n) is 15.4. The van der Waals surface area contributed by atoms with Crippen LogP contribution < -0.4 is 14.9 Å². The second-order valence-electron chi connectivity index (χ2n) is 5.87. The Morgan fingerprint density at radius 2 is 1.79 bits per heavy atom. The van der Waals surface area contributed by atoms with Crippen LogP contribution in [0.4, 0.5) is 5.95 Å². The molecule has 8 heteroatoms. The summed E-state index contributed by atoms with van der Waals surface area (Å²) in [6.07, 6.45) is 1.63. The Kier molecular flexibility index (Phi) is 4.83. The van der Waals surface area contributed by atoms with Crippen LogP contribution in [0.1, 0.15) is 5.56 Å². The number of benzene rings is 3. The Morgan fingerprint density at radius 3 is 2.64 bits per heavy atom. The first-order chi connectivity index (χ1) is 13.8. The molecular weight excluding hydrogens is 356 g/mol. The lowest BCUT2D eigenvalue weighted by Crippen LogP contribution is -2.04. The highest BCUT2D eigenvalue weighted by Crippen LogP contribution is 2.29. The van der Waals surface area contributed by atoms with E-state index in [9.17, 15) is 0 Å². The number of methoxy groups -OCH3 is 2. The Bertz CT molecular complexity index is 1130. The average molecular weight is 374 g/mol. The number of anilines is 1. The van der Waals surface area contributed by atoms with Crippen LogP contribution in [0.25, 0.3) is 16.5 Å². The van der Waals surface area contributed by atoms with Crippen molar-refractivity contribution in [3.63, 3.8) is 0 Å². The van der Waals surface area contributed by atoms with E-state index in [-0.39, 0.29) is 0 Å². The second kappa shape index (κ2) is 7.75. The number of aromatic nitrogens is 4. The Morgan fingerprint density at radius 1 is 0.964 bits per heavy atom. The molecule has 28 heavy (non-hydrogen) atoms. The lowest BCUT2D eigenvalue weighted by atomic mass is 10.1. The Hall–Kier alpha value is -3.94. The summed E-state index contributed by atoms with van der Waals surface area (Å²) in [6, 6.07) is 19.6. The van der Waals surface area contributed by atoms with Crippen LogP contribution in [-0.2, 0) is 0 Å². The molecule has 0 aliphatic rings. The van der Waals surface area contributed by atoms with E-state index in [2.05, 4.69) is 26.1 Å². The first-order valence-electron chi connectivity index (χ1n) is 8.58. The van der Waals surface area contributed by atoms with Gasteiger partial charge in [-0.2, -0.15) is 9.78 Å². The van der Waals surface area contributed by atoms with Crippen molar-refractivity contribution < 1.29 is 9.47 Å². The van der Waals surface area contributed by atoms with Gasteiger partial charge in [0.15, 0.2) is 11.5 Å². The van der Waals surface area contributed by atoms with E-state index in [4.69, 9.17) is 9.47 Å². The van der Waals surface area contributed by atoms with Crippen molar-refractivity contribution >= 4 is 22.9 Å². The Balaban J connectivity index is 1.64. The Labute approximate surface area is 161 Å². The van der Waals surface area contributed by atoms with E-state index < -0.39 is 0 Å². The van der Waals surface area contributed by atoms with Gasteiger partial charge in [-0.15, -0.1) is 0 Å². The monoisotopic (exact) mass is 374 g/mol. The summed E-state index contributed by atoms with van der Waals surface area (Å²) in [4.78, 5) is 0. The molecule has 3 aromatic carbocycles. The van der Waals surface area contributed by atoms with Gasteiger partial charge >= 0.3 is 0 Å². The largest absolute Gasteiger partial charge is 0.493 e. The number of hydrazone groups is 1. The standard InChI is InChI=1S/C20H18N6O2/c1-27-18-12-6-9-15(19(18)28-2)13-21-22-20-23-24-25-26(20)17-11-5-8-14-7-3-4-10-16(14)17/h3-13H,1-2H3,(H,22,23,25). The number of rotatable bonds is 6. The minimum atomic E-state index is 0.398. The summed E-state index contributed by atoms with van der Waals surface area (Å²) >= 11 is 0. The molecule has 0 saturated heterocycles. The van der Waals surface area contributed by atoms with Crippen molar-refractivity contribution in [2.45, 2.75) is 0 Å². The lowest BCUT2D eigenvalue weighted by molar-refractivity contribution is 0.354. The van der Waals surface area contributed by atoms with Crippen molar-refractivity contribution in [3.8, 4) is 17.2 Å². The third-order valence-electron chi connectivity index (χ3n) is 4.27. The van der Waals surface area contributed by atoms with E-state index in [1.165, 1.54) is 0 Å². The van der Waals surface area contributed by atoms with Crippen LogP contribution in [0, 0.1) is 0 Å². The van der Waals surface area contributed by atoms with Crippen molar-refractivity contribution in [2.24, 2.45) is 5.10 Å². The smallest absolute Gasteiger partial charge is 0.268 e. The molecule has 0 atom stereocenters. The number of hydrogen-bond donors (Lipinski definition) is 1. The molecule has 0 fully saturated rings. The zero-order chi connectivity index (χ0) is 19.3. The molecule has 0 aliphatic carbocycles. The fourth-order valence-corrected chi connectivity index (χ4v) is 2.99. The van der Waals surface area contributed by atoms with Gasteiger partial charge in [0.2, 0.25) is 0 Å². The predicted molar refractivity (Wildman–Crippen MR) is 107 cm³/mol. The third-order valence-corrected chi connectivity index (χ3v) is 4.27. The first-order valence-corrected chi connectivity index (χ1v) is 8.58. The maximum Gasteiger partial charge on any atom is 0.268 e. The first kappa shape index (κ1) is 17.5. The molecule has 4 aromatic rings. The van der Waals surface area contributed by atoms with E-state index in [0.29, 0.717) is 17.4 Å². The van der Waals surface area contributed by atoms with Crippen LogP contribution >= 0.6 is 0 Å². The number of nitrogens with zero attached hydrogens (tertiary/aromatic N) is 5. The van der Waals surface area contributed by atoms with Crippen LogP contribution in [0.15, 0.2) is 65.8 Å². The number of para-hydroxylation sites is 1. The lowest BCUT2D eigenvalue weighted by Gasteiger charge is -2.09. The summed E-state index contributed by atoms with van der Waals surface area (Å²) in [5.74, 6) is 1.63. The van der Waals surface area contributed by atoms with E-state index in [1.54, 1.807) is 25.1 Å². The van der Waals surface area contributed by atoms with Crippen molar-refractivity contribution in [1.29, 1.82) is 0 Å².